The molecule has 2 aromatic rings. The molecule has 6 heteroatoms. The third-order valence-electron chi connectivity index (χ3n) is 7.40. The lowest BCUT2D eigenvalue weighted by atomic mass is 9.73. The van der Waals surface area contributed by atoms with E-state index in [4.69, 9.17) is 21.1 Å². The van der Waals surface area contributed by atoms with E-state index in [1.54, 1.807) is 18.2 Å². The molecule has 0 amide bonds. The number of ether oxygens (including phenoxy) is 2. The van der Waals surface area contributed by atoms with Gasteiger partial charge in [-0.25, -0.2) is 0 Å². The number of fused-ring (bicyclic) bond motifs is 3. The van der Waals surface area contributed by atoms with Crippen molar-refractivity contribution in [3.63, 3.8) is 0 Å². The number of carbonyl (C=O) groups is 2. The number of likely N-dealkylation sites (tertiary alicyclic amines) is 1. The molecule has 2 aromatic carbocycles. The summed E-state index contributed by atoms with van der Waals surface area (Å²) in [6.07, 6.45) is 4.10. The van der Waals surface area contributed by atoms with Crippen LogP contribution in [0.1, 0.15) is 54.9 Å². The Morgan fingerprint density at radius 3 is 2.72 bits per heavy atom. The molecule has 0 aromatic heterocycles. The first-order valence-electron chi connectivity index (χ1n) is 11.5. The van der Waals surface area contributed by atoms with Gasteiger partial charge in [0.25, 0.3) is 0 Å². The van der Waals surface area contributed by atoms with Crippen molar-refractivity contribution in [2.24, 2.45) is 5.92 Å². The SMILES string of the molecule is CCOC(=O)C1CCN(C2CCC3(C2)C(=O)c2cc(Cl)ccc2Oc2ccccc23)CC1. The zero-order chi connectivity index (χ0) is 22.3. The molecule has 2 heterocycles. The van der Waals surface area contributed by atoms with Crippen LogP contribution in [0.2, 0.25) is 5.02 Å². The van der Waals surface area contributed by atoms with E-state index in [1.807, 2.05) is 31.2 Å². The predicted molar refractivity (Wildman–Crippen MR) is 123 cm³/mol. The third kappa shape index (κ3) is 3.61. The average molecular weight is 454 g/mol. The number of hydrogen-bond acceptors (Lipinski definition) is 5. The summed E-state index contributed by atoms with van der Waals surface area (Å²) in [7, 11) is 0. The first-order chi connectivity index (χ1) is 15.5. The summed E-state index contributed by atoms with van der Waals surface area (Å²) in [6.45, 7) is 4.00. The topological polar surface area (TPSA) is 55.8 Å². The van der Waals surface area contributed by atoms with Crippen molar-refractivity contribution >= 4 is 23.4 Å². The molecule has 2 aliphatic heterocycles. The molecule has 1 saturated heterocycles. The quantitative estimate of drug-likeness (QED) is 0.583. The summed E-state index contributed by atoms with van der Waals surface area (Å²) < 4.78 is 11.4. The molecule has 1 saturated carbocycles. The molecule has 1 spiro atoms. The van der Waals surface area contributed by atoms with Gasteiger partial charge in [0.05, 0.1) is 23.5 Å². The molecule has 5 rings (SSSR count). The molecule has 0 N–H and O–H groups in total. The van der Waals surface area contributed by atoms with Crippen LogP contribution in [0.15, 0.2) is 42.5 Å². The van der Waals surface area contributed by atoms with Crippen molar-refractivity contribution in [3.8, 4) is 11.5 Å². The Labute approximate surface area is 193 Å². The second kappa shape index (κ2) is 8.53. The van der Waals surface area contributed by atoms with Gasteiger partial charge in [-0.05, 0) is 76.4 Å². The van der Waals surface area contributed by atoms with Gasteiger partial charge in [-0.2, -0.15) is 0 Å². The fourth-order valence-electron chi connectivity index (χ4n) is 5.76. The van der Waals surface area contributed by atoms with Crippen molar-refractivity contribution in [1.82, 2.24) is 4.90 Å². The van der Waals surface area contributed by atoms with Crippen LogP contribution in [0.5, 0.6) is 11.5 Å². The molecule has 0 bridgehead atoms. The highest BCUT2D eigenvalue weighted by molar-refractivity contribution is 6.31. The number of rotatable bonds is 3. The van der Waals surface area contributed by atoms with Crippen LogP contribution in [-0.2, 0) is 14.9 Å². The van der Waals surface area contributed by atoms with Gasteiger partial charge in [0.1, 0.15) is 11.5 Å². The molecule has 3 aliphatic rings. The van der Waals surface area contributed by atoms with Crippen molar-refractivity contribution in [2.45, 2.75) is 50.5 Å². The number of esters is 1. The maximum absolute atomic E-state index is 14.0. The van der Waals surface area contributed by atoms with Gasteiger partial charge in [-0.1, -0.05) is 29.8 Å². The zero-order valence-corrected chi connectivity index (χ0v) is 19.1. The minimum Gasteiger partial charge on any atom is -0.466 e. The van der Waals surface area contributed by atoms with Crippen LogP contribution in [0.4, 0.5) is 0 Å². The average Bonchev–Trinajstić information content (AvgIpc) is 3.23. The molecule has 0 radical (unpaired) electrons. The van der Waals surface area contributed by atoms with Crippen LogP contribution >= 0.6 is 11.6 Å². The first-order valence-corrected chi connectivity index (χ1v) is 11.9. The van der Waals surface area contributed by atoms with Gasteiger partial charge in [-0.15, -0.1) is 0 Å². The summed E-state index contributed by atoms with van der Waals surface area (Å²) in [6, 6.07) is 13.5. The minimum absolute atomic E-state index is 0.00998. The molecular weight excluding hydrogens is 426 g/mol. The number of benzene rings is 2. The number of Topliss-reactive ketones (excluding diaryl/α,β-unsaturated/α-hetero) is 1. The Hall–Kier alpha value is -2.37. The highest BCUT2D eigenvalue weighted by atomic mass is 35.5. The summed E-state index contributed by atoms with van der Waals surface area (Å²) in [5.74, 6) is 1.34. The van der Waals surface area contributed by atoms with Gasteiger partial charge in [0.15, 0.2) is 5.78 Å². The monoisotopic (exact) mass is 453 g/mol. The van der Waals surface area contributed by atoms with Crippen LogP contribution in [0.3, 0.4) is 0 Å². The third-order valence-corrected chi connectivity index (χ3v) is 7.63. The van der Waals surface area contributed by atoms with Gasteiger partial charge in [0, 0.05) is 16.6 Å². The van der Waals surface area contributed by atoms with Crippen LogP contribution in [0.25, 0.3) is 0 Å². The van der Waals surface area contributed by atoms with E-state index in [9.17, 15) is 9.59 Å². The molecule has 2 atom stereocenters. The number of halogens is 1. The summed E-state index contributed by atoms with van der Waals surface area (Å²) in [5.41, 5.74) is 0.923. The smallest absolute Gasteiger partial charge is 0.309 e. The molecule has 1 aliphatic carbocycles. The summed E-state index contributed by atoms with van der Waals surface area (Å²) >= 11 is 6.26. The van der Waals surface area contributed by atoms with Gasteiger partial charge in [0.2, 0.25) is 0 Å². The van der Waals surface area contributed by atoms with E-state index < -0.39 is 5.41 Å². The lowest BCUT2D eigenvalue weighted by molar-refractivity contribution is -0.149. The number of nitrogens with zero attached hydrogens (tertiary/aromatic N) is 1. The van der Waals surface area contributed by atoms with Crippen LogP contribution < -0.4 is 4.74 Å². The number of para-hydroxylation sites is 1. The van der Waals surface area contributed by atoms with Crippen LogP contribution in [-0.4, -0.2) is 42.4 Å². The normalized spacial score (nSPS) is 25.7. The molecular formula is C26H28ClNO4. The first kappa shape index (κ1) is 21.5. The van der Waals surface area contributed by atoms with Crippen molar-refractivity contribution in [3.05, 3.63) is 58.6 Å². The Morgan fingerprint density at radius 2 is 1.94 bits per heavy atom. The highest BCUT2D eigenvalue weighted by Gasteiger charge is 2.51. The maximum atomic E-state index is 14.0. The van der Waals surface area contributed by atoms with E-state index in [0.29, 0.717) is 29.0 Å². The van der Waals surface area contributed by atoms with Gasteiger partial charge >= 0.3 is 5.97 Å². The van der Waals surface area contributed by atoms with Crippen molar-refractivity contribution in [2.75, 3.05) is 19.7 Å². The minimum atomic E-state index is -0.616. The number of piperidine rings is 1. The largest absolute Gasteiger partial charge is 0.466 e. The Bertz CT molecular complexity index is 1050. The molecule has 168 valence electrons. The summed E-state index contributed by atoms with van der Waals surface area (Å²) in [5, 5.41) is 0.539. The Kier molecular flexibility index (Phi) is 5.72. The Balaban J connectivity index is 1.42. The Morgan fingerprint density at radius 1 is 1.16 bits per heavy atom. The van der Waals surface area contributed by atoms with E-state index in [-0.39, 0.29) is 17.7 Å². The molecule has 2 unspecified atom stereocenters. The van der Waals surface area contributed by atoms with Crippen molar-refractivity contribution < 1.29 is 19.1 Å². The van der Waals surface area contributed by atoms with Gasteiger partial charge in [-0.3, -0.25) is 9.59 Å². The zero-order valence-electron chi connectivity index (χ0n) is 18.3. The van der Waals surface area contributed by atoms with Gasteiger partial charge < -0.3 is 14.4 Å². The van der Waals surface area contributed by atoms with Crippen molar-refractivity contribution in [1.29, 1.82) is 0 Å². The summed E-state index contributed by atoms with van der Waals surface area (Å²) in [4.78, 5) is 28.6. The molecule has 32 heavy (non-hydrogen) atoms. The second-order valence-corrected chi connectivity index (χ2v) is 9.55. The van der Waals surface area contributed by atoms with E-state index in [0.717, 1.165) is 56.5 Å². The fourth-order valence-corrected chi connectivity index (χ4v) is 5.93. The predicted octanol–water partition coefficient (Wildman–Crippen LogP) is 5.39. The number of carbonyl (C=O) groups excluding carboxylic acids is 2. The van der Waals surface area contributed by atoms with E-state index in [1.165, 1.54) is 0 Å². The lowest BCUT2D eigenvalue weighted by Gasteiger charge is -2.36. The second-order valence-electron chi connectivity index (χ2n) is 9.11. The molecule has 2 fully saturated rings. The maximum Gasteiger partial charge on any atom is 0.309 e. The van der Waals surface area contributed by atoms with Crippen LogP contribution in [0, 0.1) is 5.92 Å². The standard InChI is InChI=1S/C26H28ClNO4/c1-2-31-25(30)17-10-13-28(14-11-17)19-9-12-26(16-19)21-5-3-4-6-23(21)32-22-8-7-18(27)15-20(22)24(26)29/h3-8,15,17,19H,2,9-14,16H2,1H3. The molecule has 5 nitrogen and oxygen atoms in total. The lowest BCUT2D eigenvalue weighted by Crippen LogP contribution is -2.43. The highest BCUT2D eigenvalue weighted by Crippen LogP contribution is 2.52. The van der Waals surface area contributed by atoms with E-state index in [2.05, 4.69) is 4.90 Å². The van der Waals surface area contributed by atoms with E-state index >= 15 is 0 Å². The fraction of sp³-hybridized carbons (Fsp3) is 0.462. The number of hydrogen-bond donors (Lipinski definition) is 0. The number of ketones is 1.